The van der Waals surface area contributed by atoms with Gasteiger partial charge in [-0.3, -0.25) is 0 Å². The lowest BCUT2D eigenvalue weighted by atomic mass is 9.62. The van der Waals surface area contributed by atoms with Crippen molar-refractivity contribution in [2.75, 3.05) is 0 Å². The number of aromatic carboxylic acids is 1. The van der Waals surface area contributed by atoms with Gasteiger partial charge in [0.25, 0.3) is 0 Å². The molecule has 136 valence electrons. The Morgan fingerprint density at radius 2 is 2.00 bits per heavy atom. The molecule has 0 saturated heterocycles. The standard InChI is InChI=1S/C22H30O3/c1-14-12-16(9-10-18(14)20(23)24)22(4,25)17-8-7-15-6-5-11-21(2,3)19(15)13-17/h9-10,12,17,25H,5-8,11,13H2,1-4H3,(H,23,24). The van der Waals surface area contributed by atoms with E-state index in [2.05, 4.69) is 13.8 Å². The molecule has 3 heteroatoms. The van der Waals surface area contributed by atoms with Gasteiger partial charge in [-0.05, 0) is 80.9 Å². The number of hydrogen-bond acceptors (Lipinski definition) is 2. The number of rotatable bonds is 3. The lowest BCUT2D eigenvalue weighted by Crippen LogP contribution is -2.37. The molecule has 0 fully saturated rings. The summed E-state index contributed by atoms with van der Waals surface area (Å²) in [6.07, 6.45) is 6.78. The first-order valence-electron chi connectivity index (χ1n) is 9.41. The number of carboxylic acids is 1. The highest BCUT2D eigenvalue weighted by Gasteiger charge is 2.41. The van der Waals surface area contributed by atoms with Gasteiger partial charge in [-0.15, -0.1) is 0 Å². The zero-order valence-electron chi connectivity index (χ0n) is 15.9. The number of hydrogen-bond donors (Lipinski definition) is 2. The van der Waals surface area contributed by atoms with Gasteiger partial charge in [-0.25, -0.2) is 4.79 Å². The van der Waals surface area contributed by atoms with Crippen LogP contribution >= 0.6 is 0 Å². The number of carbonyl (C=O) groups is 1. The van der Waals surface area contributed by atoms with E-state index >= 15 is 0 Å². The smallest absolute Gasteiger partial charge is 0.335 e. The maximum atomic E-state index is 11.4. The molecule has 0 aromatic heterocycles. The molecule has 1 aromatic rings. The molecule has 0 bridgehead atoms. The lowest BCUT2D eigenvalue weighted by Gasteiger charge is -2.44. The van der Waals surface area contributed by atoms with Crippen LogP contribution < -0.4 is 0 Å². The lowest BCUT2D eigenvalue weighted by molar-refractivity contribution is -0.0150. The molecular weight excluding hydrogens is 312 g/mol. The summed E-state index contributed by atoms with van der Waals surface area (Å²) in [7, 11) is 0. The van der Waals surface area contributed by atoms with E-state index in [-0.39, 0.29) is 11.3 Å². The molecular formula is C22H30O3. The van der Waals surface area contributed by atoms with Gasteiger partial charge in [0.2, 0.25) is 0 Å². The van der Waals surface area contributed by atoms with Crippen LogP contribution in [0, 0.1) is 18.3 Å². The Labute approximate surface area is 150 Å². The first-order valence-corrected chi connectivity index (χ1v) is 9.41. The fraction of sp³-hybridized carbons (Fsp3) is 0.591. The van der Waals surface area contributed by atoms with Crippen molar-refractivity contribution in [3.63, 3.8) is 0 Å². The Morgan fingerprint density at radius 3 is 2.64 bits per heavy atom. The molecule has 25 heavy (non-hydrogen) atoms. The number of carboxylic acid groups (broad SMARTS) is 1. The molecule has 0 spiro atoms. The minimum Gasteiger partial charge on any atom is -0.478 e. The predicted octanol–water partition coefficient (Wildman–Crippen LogP) is 5.21. The van der Waals surface area contributed by atoms with Crippen molar-refractivity contribution in [3.05, 3.63) is 46.0 Å². The quantitative estimate of drug-likeness (QED) is 0.742. The third-order valence-corrected chi connectivity index (χ3v) is 6.61. The third kappa shape index (κ3) is 3.27. The van der Waals surface area contributed by atoms with E-state index in [1.54, 1.807) is 30.2 Å². The van der Waals surface area contributed by atoms with E-state index in [1.807, 2.05) is 13.0 Å². The first-order chi connectivity index (χ1) is 11.6. The van der Waals surface area contributed by atoms with Crippen molar-refractivity contribution >= 4 is 5.97 Å². The summed E-state index contributed by atoms with van der Waals surface area (Å²) in [4.78, 5) is 11.2. The Morgan fingerprint density at radius 1 is 1.28 bits per heavy atom. The van der Waals surface area contributed by atoms with Crippen molar-refractivity contribution in [3.8, 4) is 0 Å². The van der Waals surface area contributed by atoms with Crippen molar-refractivity contribution in [2.24, 2.45) is 11.3 Å². The minimum atomic E-state index is -0.937. The van der Waals surface area contributed by atoms with Gasteiger partial charge >= 0.3 is 5.97 Å². The van der Waals surface area contributed by atoms with Crippen molar-refractivity contribution in [1.82, 2.24) is 0 Å². The van der Waals surface area contributed by atoms with E-state index in [0.717, 1.165) is 24.8 Å². The van der Waals surface area contributed by atoms with Crippen LogP contribution in [0.15, 0.2) is 29.3 Å². The molecule has 0 saturated carbocycles. The summed E-state index contributed by atoms with van der Waals surface area (Å²) in [5.74, 6) is -0.737. The van der Waals surface area contributed by atoms with Crippen LogP contribution in [0.2, 0.25) is 0 Å². The Balaban J connectivity index is 1.90. The zero-order chi connectivity index (χ0) is 18.4. The van der Waals surface area contributed by atoms with Crippen molar-refractivity contribution in [2.45, 2.75) is 71.8 Å². The largest absolute Gasteiger partial charge is 0.478 e. The number of allylic oxidation sites excluding steroid dienone is 2. The molecule has 0 radical (unpaired) electrons. The second-order valence-electron chi connectivity index (χ2n) is 8.74. The first kappa shape index (κ1) is 18.2. The molecule has 3 rings (SSSR count). The highest BCUT2D eigenvalue weighted by Crippen LogP contribution is 2.51. The van der Waals surface area contributed by atoms with Crippen LogP contribution in [0.3, 0.4) is 0 Å². The van der Waals surface area contributed by atoms with Crippen LogP contribution in [0.4, 0.5) is 0 Å². The Kier molecular flexibility index (Phi) is 4.57. The Bertz CT molecular complexity index is 725. The molecule has 1 aromatic carbocycles. The van der Waals surface area contributed by atoms with Gasteiger partial charge in [0.1, 0.15) is 0 Å². The fourth-order valence-electron chi connectivity index (χ4n) is 4.85. The molecule has 3 nitrogen and oxygen atoms in total. The molecule has 2 aliphatic carbocycles. The van der Waals surface area contributed by atoms with Gasteiger partial charge in [0.05, 0.1) is 11.2 Å². The van der Waals surface area contributed by atoms with Crippen LogP contribution in [0.25, 0.3) is 0 Å². The van der Waals surface area contributed by atoms with Gasteiger partial charge < -0.3 is 10.2 Å². The molecule has 2 N–H and O–H groups in total. The van der Waals surface area contributed by atoms with Crippen LogP contribution in [0.5, 0.6) is 0 Å². The van der Waals surface area contributed by atoms with E-state index in [1.165, 1.54) is 19.3 Å². The van der Waals surface area contributed by atoms with Crippen LogP contribution in [-0.2, 0) is 5.60 Å². The van der Waals surface area contributed by atoms with Crippen molar-refractivity contribution < 1.29 is 15.0 Å². The van der Waals surface area contributed by atoms with E-state index in [4.69, 9.17) is 0 Å². The fourth-order valence-corrected chi connectivity index (χ4v) is 4.85. The van der Waals surface area contributed by atoms with E-state index < -0.39 is 11.6 Å². The van der Waals surface area contributed by atoms with Gasteiger partial charge in [-0.2, -0.15) is 0 Å². The van der Waals surface area contributed by atoms with Gasteiger partial charge in [-0.1, -0.05) is 37.1 Å². The zero-order valence-corrected chi connectivity index (χ0v) is 15.9. The number of aliphatic hydroxyl groups is 1. The molecule has 0 heterocycles. The van der Waals surface area contributed by atoms with Gasteiger partial charge in [0.15, 0.2) is 0 Å². The summed E-state index contributed by atoms with van der Waals surface area (Å²) >= 11 is 0. The monoisotopic (exact) mass is 342 g/mol. The topological polar surface area (TPSA) is 57.5 Å². The summed E-state index contributed by atoms with van der Waals surface area (Å²) in [5, 5.41) is 20.6. The number of aryl methyl sites for hydroxylation is 1. The summed E-state index contributed by atoms with van der Waals surface area (Å²) in [6.45, 7) is 8.37. The van der Waals surface area contributed by atoms with E-state index in [9.17, 15) is 15.0 Å². The highest BCUT2D eigenvalue weighted by molar-refractivity contribution is 5.89. The second kappa shape index (κ2) is 6.28. The maximum absolute atomic E-state index is 11.4. The maximum Gasteiger partial charge on any atom is 0.335 e. The predicted molar refractivity (Wildman–Crippen MR) is 99.7 cm³/mol. The number of benzene rings is 1. The molecule has 2 unspecified atom stereocenters. The SMILES string of the molecule is Cc1cc(C(C)(O)C2CCC3=C(C2)C(C)(C)CCC3)ccc1C(=O)O. The molecule has 2 aliphatic rings. The summed E-state index contributed by atoms with van der Waals surface area (Å²) < 4.78 is 0. The van der Waals surface area contributed by atoms with E-state index in [0.29, 0.717) is 11.1 Å². The van der Waals surface area contributed by atoms with Gasteiger partial charge in [0, 0.05) is 0 Å². The summed E-state index contributed by atoms with van der Waals surface area (Å²) in [5.41, 5.74) is 4.34. The molecule has 0 amide bonds. The highest BCUT2D eigenvalue weighted by atomic mass is 16.4. The second-order valence-corrected chi connectivity index (χ2v) is 8.74. The Hall–Kier alpha value is -1.61. The average Bonchev–Trinajstić information content (AvgIpc) is 2.54. The van der Waals surface area contributed by atoms with Crippen molar-refractivity contribution in [1.29, 1.82) is 0 Å². The molecule has 2 atom stereocenters. The summed E-state index contributed by atoms with van der Waals surface area (Å²) in [6, 6.07) is 5.26. The molecule has 0 aliphatic heterocycles. The third-order valence-electron chi connectivity index (χ3n) is 6.61. The average molecular weight is 342 g/mol. The normalized spacial score (nSPS) is 25.2. The van der Waals surface area contributed by atoms with Crippen LogP contribution in [0.1, 0.15) is 80.8 Å². The minimum absolute atomic E-state index is 0.179. The van der Waals surface area contributed by atoms with Crippen LogP contribution in [-0.4, -0.2) is 16.2 Å².